The van der Waals surface area contributed by atoms with Crippen LogP contribution in [-0.4, -0.2) is 30.0 Å². The maximum absolute atomic E-state index is 13.5. The van der Waals surface area contributed by atoms with Gasteiger partial charge in [0.2, 0.25) is 5.88 Å². The van der Waals surface area contributed by atoms with Gasteiger partial charge in [0.15, 0.2) is 9.84 Å². The van der Waals surface area contributed by atoms with E-state index >= 15 is 0 Å². The van der Waals surface area contributed by atoms with Gasteiger partial charge in [0.1, 0.15) is 5.82 Å². The number of aromatic nitrogens is 2. The molecule has 0 bridgehead atoms. The van der Waals surface area contributed by atoms with E-state index in [-0.39, 0.29) is 27.2 Å². The van der Waals surface area contributed by atoms with Crippen LogP contribution in [0.1, 0.15) is 16.8 Å². The van der Waals surface area contributed by atoms with Crippen LogP contribution in [-0.2, 0) is 15.6 Å². The number of hydrazine groups is 1. The topological polar surface area (TPSA) is 102 Å². The standard InChI is InChI=1S/C26H17Cl4FN4O4S/c27-16-3-7-22(20(29)10-16)32-33-26(36)39-25-19-13-40(37,38)12-15(9-14-1-5-18(31)6-2-14)24(19)35(34-25)23-8-4-17(28)11-21(23)30/h1-11,32H,12-13H2,(H,33,36)/b15-9+. The number of ether oxygens (including phenoxy) is 1. The number of amides is 1. The molecule has 0 unspecified atom stereocenters. The molecule has 1 aliphatic rings. The summed E-state index contributed by atoms with van der Waals surface area (Å²) in [4.78, 5) is 12.7. The van der Waals surface area contributed by atoms with Gasteiger partial charge in [0, 0.05) is 10.0 Å². The highest BCUT2D eigenvalue weighted by Crippen LogP contribution is 2.39. The Morgan fingerprint density at radius 2 is 1.62 bits per heavy atom. The van der Waals surface area contributed by atoms with Crippen molar-refractivity contribution in [3.05, 3.63) is 103 Å². The zero-order chi connectivity index (χ0) is 28.6. The Hall–Kier alpha value is -3.28. The zero-order valence-electron chi connectivity index (χ0n) is 20.1. The molecule has 1 aliphatic heterocycles. The highest BCUT2D eigenvalue weighted by atomic mass is 35.5. The second kappa shape index (κ2) is 11.3. The van der Waals surface area contributed by atoms with Crippen molar-refractivity contribution in [2.24, 2.45) is 0 Å². The highest BCUT2D eigenvalue weighted by Gasteiger charge is 2.35. The van der Waals surface area contributed by atoms with Crippen LogP contribution in [0.15, 0.2) is 60.7 Å². The summed E-state index contributed by atoms with van der Waals surface area (Å²) in [5, 5.41) is 5.67. The molecular weight excluding hydrogens is 625 g/mol. The van der Waals surface area contributed by atoms with Crippen molar-refractivity contribution >= 4 is 79.7 Å². The molecule has 4 aromatic rings. The largest absolute Gasteiger partial charge is 0.432 e. The summed E-state index contributed by atoms with van der Waals surface area (Å²) in [7, 11) is -3.69. The van der Waals surface area contributed by atoms with Gasteiger partial charge >= 0.3 is 6.09 Å². The van der Waals surface area contributed by atoms with E-state index in [0.717, 1.165) is 0 Å². The van der Waals surface area contributed by atoms with E-state index in [9.17, 15) is 17.6 Å². The van der Waals surface area contributed by atoms with Crippen LogP contribution >= 0.6 is 46.4 Å². The van der Waals surface area contributed by atoms with Crippen LogP contribution in [0.4, 0.5) is 14.9 Å². The Kier molecular flexibility index (Phi) is 7.98. The number of anilines is 1. The summed E-state index contributed by atoms with van der Waals surface area (Å²) in [6.07, 6.45) is 0.609. The number of nitrogens with one attached hydrogen (secondary N) is 2. The van der Waals surface area contributed by atoms with E-state index in [4.69, 9.17) is 51.1 Å². The summed E-state index contributed by atoms with van der Waals surface area (Å²) >= 11 is 24.6. The molecule has 3 aromatic carbocycles. The third kappa shape index (κ3) is 6.21. The minimum absolute atomic E-state index is 0.144. The number of nitrogens with zero attached hydrogens (tertiary/aromatic N) is 2. The molecule has 1 amide bonds. The number of halogens is 5. The van der Waals surface area contributed by atoms with E-state index in [1.54, 1.807) is 30.3 Å². The number of rotatable bonds is 5. The monoisotopic (exact) mass is 640 g/mol. The van der Waals surface area contributed by atoms with Gasteiger partial charge in [-0.1, -0.05) is 58.5 Å². The van der Waals surface area contributed by atoms with E-state index in [1.165, 1.54) is 41.1 Å². The molecule has 2 N–H and O–H groups in total. The lowest BCUT2D eigenvalue weighted by Gasteiger charge is -2.19. The van der Waals surface area contributed by atoms with E-state index in [1.807, 2.05) is 0 Å². The minimum Gasteiger partial charge on any atom is -0.388 e. The molecule has 5 rings (SSSR count). The number of hydrogen-bond donors (Lipinski definition) is 2. The zero-order valence-corrected chi connectivity index (χ0v) is 23.9. The Labute approximate surface area is 248 Å². The van der Waals surface area contributed by atoms with Crippen LogP contribution in [0.25, 0.3) is 17.3 Å². The lowest BCUT2D eigenvalue weighted by molar-refractivity contribution is 0.200. The second-order valence-corrected chi connectivity index (χ2v) is 12.4. The molecule has 8 nitrogen and oxygen atoms in total. The van der Waals surface area contributed by atoms with Crippen molar-refractivity contribution < 1.29 is 22.3 Å². The highest BCUT2D eigenvalue weighted by molar-refractivity contribution is 7.91. The van der Waals surface area contributed by atoms with Crippen LogP contribution in [0.5, 0.6) is 5.88 Å². The Morgan fingerprint density at radius 1 is 0.950 bits per heavy atom. The third-order valence-corrected chi connectivity index (χ3v) is 8.32. The predicted molar refractivity (Wildman–Crippen MR) is 155 cm³/mol. The molecule has 206 valence electrons. The lowest BCUT2D eigenvalue weighted by atomic mass is 10.1. The number of fused-ring (bicyclic) bond motifs is 1. The van der Waals surface area contributed by atoms with Crippen LogP contribution in [0.3, 0.4) is 0 Å². The van der Waals surface area contributed by atoms with Gasteiger partial charge in [0.05, 0.1) is 44.2 Å². The maximum Gasteiger partial charge on any atom is 0.432 e. The number of sulfone groups is 1. The summed E-state index contributed by atoms with van der Waals surface area (Å²) < 4.78 is 46.3. The average molecular weight is 642 g/mol. The lowest BCUT2D eigenvalue weighted by Crippen LogP contribution is -2.32. The summed E-state index contributed by atoms with van der Waals surface area (Å²) in [6.45, 7) is 0. The van der Waals surface area contributed by atoms with Gasteiger partial charge in [-0.3, -0.25) is 5.43 Å². The minimum atomic E-state index is -3.69. The maximum atomic E-state index is 13.5. The Bertz CT molecular complexity index is 1780. The molecule has 0 spiro atoms. The molecule has 0 fully saturated rings. The van der Waals surface area contributed by atoms with Crippen molar-refractivity contribution in [3.8, 4) is 11.6 Å². The van der Waals surface area contributed by atoms with Crippen LogP contribution in [0.2, 0.25) is 20.1 Å². The molecule has 1 aromatic heterocycles. The fourth-order valence-corrected chi connectivity index (χ4v) is 6.51. The summed E-state index contributed by atoms with van der Waals surface area (Å²) in [5.74, 6) is -1.48. The smallest absolute Gasteiger partial charge is 0.388 e. The molecule has 0 saturated heterocycles. The molecule has 0 atom stereocenters. The first-order valence-electron chi connectivity index (χ1n) is 11.4. The van der Waals surface area contributed by atoms with Gasteiger partial charge in [-0.05, 0) is 65.7 Å². The normalized spacial score (nSPS) is 15.0. The van der Waals surface area contributed by atoms with E-state index < -0.39 is 27.5 Å². The Morgan fingerprint density at radius 3 is 2.30 bits per heavy atom. The number of carbonyl (C=O) groups excluding carboxylic acids is 1. The fourth-order valence-electron chi connectivity index (χ4n) is 4.07. The molecule has 0 aliphatic carbocycles. The van der Waals surface area contributed by atoms with Crippen molar-refractivity contribution in [3.63, 3.8) is 0 Å². The molecule has 14 heteroatoms. The van der Waals surface area contributed by atoms with E-state index in [0.29, 0.717) is 38.3 Å². The van der Waals surface area contributed by atoms with Gasteiger partial charge in [0.25, 0.3) is 0 Å². The van der Waals surface area contributed by atoms with Crippen LogP contribution < -0.4 is 15.6 Å². The van der Waals surface area contributed by atoms with Gasteiger partial charge in [-0.15, -0.1) is 5.10 Å². The summed E-state index contributed by atoms with van der Waals surface area (Å²) in [6, 6.07) is 14.8. The average Bonchev–Trinajstić information content (AvgIpc) is 3.21. The predicted octanol–water partition coefficient (Wildman–Crippen LogP) is 7.21. The fraction of sp³-hybridized carbons (Fsp3) is 0.0769. The third-order valence-electron chi connectivity index (χ3n) is 5.76. The quantitative estimate of drug-likeness (QED) is 0.223. The number of hydrogen-bond acceptors (Lipinski definition) is 6. The van der Waals surface area contributed by atoms with Crippen molar-refractivity contribution in [1.29, 1.82) is 0 Å². The van der Waals surface area contributed by atoms with Crippen molar-refractivity contribution in [2.45, 2.75) is 5.75 Å². The first-order chi connectivity index (χ1) is 19.0. The molecule has 2 heterocycles. The van der Waals surface area contributed by atoms with Crippen molar-refractivity contribution in [1.82, 2.24) is 15.2 Å². The SMILES string of the molecule is O=C(NNc1ccc(Cl)cc1Cl)Oc1nn(-c2ccc(Cl)cc2Cl)c2c1CS(=O)(=O)C/C2=C\c1ccc(F)cc1. The van der Waals surface area contributed by atoms with Crippen LogP contribution in [0, 0.1) is 5.82 Å². The van der Waals surface area contributed by atoms with E-state index in [2.05, 4.69) is 16.0 Å². The molecule has 0 saturated carbocycles. The Balaban J connectivity index is 1.57. The van der Waals surface area contributed by atoms with Crippen molar-refractivity contribution in [2.75, 3.05) is 11.2 Å². The first-order valence-corrected chi connectivity index (χ1v) is 14.8. The summed E-state index contributed by atoms with van der Waals surface area (Å²) in [5.41, 5.74) is 7.05. The number of benzene rings is 3. The molecule has 0 radical (unpaired) electrons. The molecular formula is C26H17Cl4FN4O4S. The second-order valence-electron chi connectivity index (χ2n) is 8.66. The number of carbonyl (C=O) groups is 1. The first kappa shape index (κ1) is 28.3. The van der Waals surface area contributed by atoms with Gasteiger partial charge in [-0.25, -0.2) is 27.7 Å². The van der Waals surface area contributed by atoms with Gasteiger partial charge < -0.3 is 4.74 Å². The molecule has 40 heavy (non-hydrogen) atoms. The van der Waals surface area contributed by atoms with Gasteiger partial charge in [-0.2, -0.15) is 0 Å².